The molecule has 0 saturated carbocycles. The Bertz CT molecular complexity index is 634. The fraction of sp³-hybridized carbons (Fsp3) is 0.250. The predicted molar refractivity (Wildman–Crippen MR) is 90.7 cm³/mol. The molecular weight excluding hydrogens is 354 g/mol. The van der Waals surface area contributed by atoms with E-state index in [-0.39, 0.29) is 6.04 Å². The highest BCUT2D eigenvalue weighted by Gasteiger charge is 2.11. The van der Waals surface area contributed by atoms with E-state index in [1.807, 2.05) is 36.4 Å². The molecule has 1 atom stereocenters. The van der Waals surface area contributed by atoms with Crippen LogP contribution in [0.4, 0.5) is 5.69 Å². The van der Waals surface area contributed by atoms with Crippen molar-refractivity contribution in [3.63, 3.8) is 0 Å². The summed E-state index contributed by atoms with van der Waals surface area (Å²) in [6, 6.07) is 11.7. The Kier molecular flexibility index (Phi) is 5.37. The topological polar surface area (TPSA) is 30.5 Å². The zero-order valence-corrected chi connectivity index (χ0v) is 14.5. The summed E-state index contributed by atoms with van der Waals surface area (Å²) in [5, 5.41) is 4.08. The smallest absolute Gasteiger partial charge is 0.161 e. The highest BCUT2D eigenvalue weighted by molar-refractivity contribution is 9.10. The maximum absolute atomic E-state index is 6.21. The van der Waals surface area contributed by atoms with Crippen molar-refractivity contribution in [2.75, 3.05) is 19.5 Å². The van der Waals surface area contributed by atoms with E-state index in [1.165, 1.54) is 0 Å². The summed E-state index contributed by atoms with van der Waals surface area (Å²) >= 11 is 9.65. The first-order valence-electron chi connectivity index (χ1n) is 6.48. The number of benzene rings is 2. The molecule has 0 aliphatic heterocycles. The van der Waals surface area contributed by atoms with E-state index in [9.17, 15) is 0 Å². The summed E-state index contributed by atoms with van der Waals surface area (Å²) in [5.74, 6) is 1.43. The van der Waals surface area contributed by atoms with Crippen LogP contribution in [0.2, 0.25) is 5.02 Å². The summed E-state index contributed by atoms with van der Waals surface area (Å²) in [7, 11) is 3.26. The van der Waals surface area contributed by atoms with Crippen LogP contribution in [0.15, 0.2) is 40.9 Å². The molecule has 0 saturated heterocycles. The summed E-state index contributed by atoms with van der Waals surface area (Å²) in [6.07, 6.45) is 0. The third kappa shape index (κ3) is 3.83. The Morgan fingerprint density at radius 3 is 2.43 bits per heavy atom. The molecule has 0 spiro atoms. The van der Waals surface area contributed by atoms with Gasteiger partial charge in [0.2, 0.25) is 0 Å². The molecule has 21 heavy (non-hydrogen) atoms. The first kappa shape index (κ1) is 16.0. The van der Waals surface area contributed by atoms with E-state index in [4.69, 9.17) is 21.1 Å². The summed E-state index contributed by atoms with van der Waals surface area (Å²) in [6.45, 7) is 2.07. The van der Waals surface area contributed by atoms with Crippen molar-refractivity contribution >= 4 is 33.2 Å². The highest BCUT2D eigenvalue weighted by atomic mass is 79.9. The average molecular weight is 371 g/mol. The molecule has 0 aliphatic carbocycles. The molecule has 0 heterocycles. The van der Waals surface area contributed by atoms with Gasteiger partial charge in [0, 0.05) is 10.5 Å². The molecule has 0 bridgehead atoms. The van der Waals surface area contributed by atoms with Gasteiger partial charge < -0.3 is 14.8 Å². The molecule has 2 aromatic carbocycles. The van der Waals surface area contributed by atoms with Gasteiger partial charge in [-0.1, -0.05) is 33.6 Å². The zero-order valence-electron chi connectivity index (χ0n) is 12.1. The minimum absolute atomic E-state index is 0.0802. The van der Waals surface area contributed by atoms with Gasteiger partial charge in [0.25, 0.3) is 0 Å². The van der Waals surface area contributed by atoms with Crippen molar-refractivity contribution in [3.8, 4) is 11.5 Å². The van der Waals surface area contributed by atoms with E-state index >= 15 is 0 Å². The van der Waals surface area contributed by atoms with E-state index in [0.29, 0.717) is 16.5 Å². The van der Waals surface area contributed by atoms with Crippen molar-refractivity contribution in [1.82, 2.24) is 0 Å². The lowest BCUT2D eigenvalue weighted by Gasteiger charge is -2.18. The van der Waals surface area contributed by atoms with Crippen LogP contribution >= 0.6 is 27.5 Å². The Morgan fingerprint density at radius 1 is 1.05 bits per heavy atom. The molecule has 3 nitrogen and oxygen atoms in total. The van der Waals surface area contributed by atoms with Gasteiger partial charge in [0.1, 0.15) is 0 Å². The van der Waals surface area contributed by atoms with Crippen LogP contribution in [0, 0.1) is 0 Å². The summed E-state index contributed by atoms with van der Waals surface area (Å²) in [5.41, 5.74) is 1.97. The predicted octanol–water partition coefficient (Wildman–Crippen LogP) is 5.29. The van der Waals surface area contributed by atoms with Crippen LogP contribution in [0.3, 0.4) is 0 Å². The molecule has 0 amide bonds. The zero-order chi connectivity index (χ0) is 15.4. The van der Waals surface area contributed by atoms with Gasteiger partial charge in [0.05, 0.1) is 24.9 Å². The Hall–Kier alpha value is -1.39. The van der Waals surface area contributed by atoms with Crippen molar-refractivity contribution in [2.24, 2.45) is 0 Å². The van der Waals surface area contributed by atoms with E-state index < -0.39 is 0 Å². The average Bonchev–Trinajstić information content (AvgIpc) is 2.50. The molecule has 0 radical (unpaired) electrons. The third-order valence-electron chi connectivity index (χ3n) is 3.21. The van der Waals surface area contributed by atoms with E-state index in [2.05, 4.69) is 28.2 Å². The largest absolute Gasteiger partial charge is 0.493 e. The minimum Gasteiger partial charge on any atom is -0.493 e. The number of rotatable bonds is 5. The van der Waals surface area contributed by atoms with Gasteiger partial charge in [-0.3, -0.25) is 0 Å². The highest BCUT2D eigenvalue weighted by Crippen LogP contribution is 2.33. The van der Waals surface area contributed by atoms with Crippen LogP contribution in [-0.2, 0) is 0 Å². The minimum atomic E-state index is 0.0802. The normalized spacial score (nSPS) is 11.9. The molecule has 0 aromatic heterocycles. The Morgan fingerprint density at radius 2 is 1.76 bits per heavy atom. The standard InChI is InChI=1S/C16H17BrClNO2/c1-10(19-14-9-12(17)5-6-13(14)18)11-4-7-15(20-2)16(8-11)21-3/h4-10,19H,1-3H3. The van der Waals surface area contributed by atoms with Gasteiger partial charge in [-0.2, -0.15) is 0 Å². The number of ether oxygens (including phenoxy) is 2. The summed E-state index contributed by atoms with van der Waals surface area (Å²) in [4.78, 5) is 0. The van der Waals surface area contributed by atoms with Crippen LogP contribution in [-0.4, -0.2) is 14.2 Å². The van der Waals surface area contributed by atoms with Gasteiger partial charge in [-0.15, -0.1) is 0 Å². The maximum atomic E-state index is 6.21. The molecule has 112 valence electrons. The maximum Gasteiger partial charge on any atom is 0.161 e. The van der Waals surface area contributed by atoms with Crippen molar-refractivity contribution in [2.45, 2.75) is 13.0 Å². The van der Waals surface area contributed by atoms with Gasteiger partial charge in [0.15, 0.2) is 11.5 Å². The lowest BCUT2D eigenvalue weighted by molar-refractivity contribution is 0.354. The number of hydrogen-bond donors (Lipinski definition) is 1. The van der Waals surface area contributed by atoms with Crippen LogP contribution in [0.1, 0.15) is 18.5 Å². The number of hydrogen-bond acceptors (Lipinski definition) is 3. The number of anilines is 1. The first-order chi connectivity index (χ1) is 10.0. The SMILES string of the molecule is COc1ccc(C(C)Nc2cc(Br)ccc2Cl)cc1OC. The molecule has 1 unspecified atom stereocenters. The second-order valence-corrected chi connectivity index (χ2v) is 5.93. The van der Waals surface area contributed by atoms with Gasteiger partial charge in [-0.05, 0) is 42.8 Å². The number of halogens is 2. The Balaban J connectivity index is 2.24. The van der Waals surface area contributed by atoms with Crippen LogP contribution < -0.4 is 14.8 Å². The van der Waals surface area contributed by atoms with Crippen LogP contribution in [0.5, 0.6) is 11.5 Å². The van der Waals surface area contributed by atoms with E-state index in [0.717, 1.165) is 15.7 Å². The monoisotopic (exact) mass is 369 g/mol. The number of nitrogens with one attached hydrogen (secondary N) is 1. The van der Waals surface area contributed by atoms with E-state index in [1.54, 1.807) is 14.2 Å². The lowest BCUT2D eigenvalue weighted by Crippen LogP contribution is -2.07. The van der Waals surface area contributed by atoms with Crippen LogP contribution in [0.25, 0.3) is 0 Å². The van der Waals surface area contributed by atoms with Crippen molar-refractivity contribution < 1.29 is 9.47 Å². The molecule has 0 fully saturated rings. The quantitative estimate of drug-likeness (QED) is 0.775. The second kappa shape index (κ2) is 7.05. The molecule has 2 rings (SSSR count). The molecular formula is C16H17BrClNO2. The molecule has 0 aliphatic rings. The molecule has 2 aromatic rings. The van der Waals surface area contributed by atoms with Gasteiger partial charge in [-0.25, -0.2) is 0 Å². The van der Waals surface area contributed by atoms with Crippen molar-refractivity contribution in [3.05, 3.63) is 51.5 Å². The van der Waals surface area contributed by atoms with Gasteiger partial charge >= 0.3 is 0 Å². The third-order valence-corrected chi connectivity index (χ3v) is 4.03. The Labute approximate surface area is 138 Å². The number of methoxy groups -OCH3 is 2. The fourth-order valence-corrected chi connectivity index (χ4v) is 2.58. The fourth-order valence-electron chi connectivity index (χ4n) is 2.05. The molecule has 1 N–H and O–H groups in total. The summed E-state index contributed by atoms with van der Waals surface area (Å²) < 4.78 is 11.6. The lowest BCUT2D eigenvalue weighted by atomic mass is 10.1. The van der Waals surface area contributed by atoms with Crippen molar-refractivity contribution in [1.29, 1.82) is 0 Å². The first-order valence-corrected chi connectivity index (χ1v) is 7.65. The molecule has 5 heteroatoms. The second-order valence-electron chi connectivity index (χ2n) is 4.60.